The number of urea groups is 1. The van der Waals surface area contributed by atoms with Gasteiger partial charge in [0.2, 0.25) is 5.95 Å². The van der Waals surface area contributed by atoms with Crippen molar-refractivity contribution in [2.24, 2.45) is 4.40 Å². The van der Waals surface area contributed by atoms with Gasteiger partial charge in [0.25, 0.3) is 0 Å². The van der Waals surface area contributed by atoms with Crippen molar-refractivity contribution in [3.8, 4) is 5.75 Å². The fourth-order valence-electron chi connectivity index (χ4n) is 3.48. The van der Waals surface area contributed by atoms with E-state index in [1.54, 1.807) is 24.4 Å². The quantitative estimate of drug-likeness (QED) is 0.210. The number of anilines is 3. The minimum Gasteiger partial charge on any atom is -0.406 e. The van der Waals surface area contributed by atoms with Gasteiger partial charge < -0.3 is 15.0 Å². The van der Waals surface area contributed by atoms with E-state index >= 15 is 0 Å². The predicted octanol–water partition coefficient (Wildman–Crippen LogP) is 7.43. The van der Waals surface area contributed by atoms with Crippen molar-refractivity contribution < 1.29 is 22.7 Å². The fourth-order valence-corrected chi connectivity index (χ4v) is 3.88. The van der Waals surface area contributed by atoms with Crippen molar-refractivity contribution in [3.05, 3.63) is 77.1 Å². The van der Waals surface area contributed by atoms with E-state index < -0.39 is 6.36 Å². The summed E-state index contributed by atoms with van der Waals surface area (Å²) in [6.45, 7) is 7.80. The first-order valence-electron chi connectivity index (χ1n) is 11.9. The van der Waals surface area contributed by atoms with Gasteiger partial charge in [-0.05, 0) is 67.3 Å². The maximum atomic E-state index is 12.4. The molecule has 0 bridgehead atoms. The number of allylic oxidation sites excluding steroid dienone is 1. The lowest BCUT2D eigenvalue weighted by Gasteiger charge is -2.18. The highest BCUT2D eigenvalue weighted by molar-refractivity contribution is 7.96. The first kappa shape index (κ1) is 29.5. The van der Waals surface area contributed by atoms with E-state index in [0.29, 0.717) is 17.3 Å². The van der Waals surface area contributed by atoms with Gasteiger partial charge in [-0.1, -0.05) is 32.0 Å². The second-order valence-corrected chi connectivity index (χ2v) is 9.42. The molecule has 0 radical (unpaired) electrons. The average molecular weight is 559 g/mol. The average Bonchev–Trinajstić information content (AvgIpc) is 2.87. The number of carbonyl (C=O) groups excluding carboxylic acids is 1. The van der Waals surface area contributed by atoms with Gasteiger partial charge in [0, 0.05) is 36.4 Å². The molecule has 12 heteroatoms. The highest BCUT2D eigenvalue weighted by atomic mass is 32.2. The van der Waals surface area contributed by atoms with E-state index in [4.69, 9.17) is 0 Å². The number of amides is 2. The number of ether oxygens (including phenoxy) is 1. The Morgan fingerprint density at radius 1 is 1.15 bits per heavy atom. The number of aromatic nitrogens is 2. The monoisotopic (exact) mass is 558 g/mol. The summed E-state index contributed by atoms with van der Waals surface area (Å²) in [6, 6.07) is 12.7. The number of aryl methyl sites for hydroxylation is 1. The first-order valence-corrected chi connectivity index (χ1v) is 12.7. The first-order chi connectivity index (χ1) is 18.4. The van der Waals surface area contributed by atoms with Gasteiger partial charge in [0.15, 0.2) is 0 Å². The zero-order valence-electron chi connectivity index (χ0n) is 22.1. The molecule has 3 rings (SSSR count). The number of alkyl halides is 3. The van der Waals surface area contributed by atoms with Crippen molar-refractivity contribution in [1.29, 1.82) is 0 Å². The van der Waals surface area contributed by atoms with Crippen molar-refractivity contribution in [1.82, 2.24) is 14.7 Å². The summed E-state index contributed by atoms with van der Waals surface area (Å²) in [4.78, 5) is 22.8. The van der Waals surface area contributed by atoms with Gasteiger partial charge in [-0.15, -0.1) is 13.2 Å². The van der Waals surface area contributed by atoms with E-state index in [-0.39, 0.29) is 17.7 Å². The number of benzene rings is 2. The van der Waals surface area contributed by atoms with Gasteiger partial charge in [-0.3, -0.25) is 4.72 Å². The molecule has 0 fully saturated rings. The predicted molar refractivity (Wildman–Crippen MR) is 150 cm³/mol. The SMILES string of the molecule is C/C(C=NSNC(=O)Nc1ccccc1C(C)C)=C\c1cnc(N(C)c2ccc(OC(F)(F)F)cc2)nc1C. The molecule has 0 saturated carbocycles. The lowest BCUT2D eigenvalue weighted by Crippen LogP contribution is -2.23. The Bertz CT molecular complexity index is 1340. The number of rotatable bonds is 9. The lowest BCUT2D eigenvalue weighted by atomic mass is 10.0. The smallest absolute Gasteiger partial charge is 0.406 e. The van der Waals surface area contributed by atoms with Gasteiger partial charge >= 0.3 is 12.4 Å². The van der Waals surface area contributed by atoms with Crippen LogP contribution in [0.15, 0.2) is 64.7 Å². The van der Waals surface area contributed by atoms with Crippen LogP contribution in [0.1, 0.15) is 43.5 Å². The Balaban J connectivity index is 1.56. The van der Waals surface area contributed by atoms with Crippen LogP contribution in [0, 0.1) is 6.92 Å². The van der Waals surface area contributed by atoms with Gasteiger partial charge in [-0.25, -0.2) is 19.2 Å². The van der Waals surface area contributed by atoms with E-state index in [2.05, 4.69) is 43.0 Å². The third-order valence-corrected chi connectivity index (χ3v) is 5.91. The highest BCUT2D eigenvalue weighted by Crippen LogP contribution is 2.27. The van der Waals surface area contributed by atoms with Crippen molar-refractivity contribution in [2.45, 2.75) is 40.0 Å². The molecule has 8 nitrogen and oxygen atoms in total. The molecule has 206 valence electrons. The lowest BCUT2D eigenvalue weighted by molar-refractivity contribution is -0.274. The second kappa shape index (κ2) is 13.1. The topological polar surface area (TPSA) is 91.7 Å². The Hall–Kier alpha value is -4.06. The van der Waals surface area contributed by atoms with Crippen LogP contribution in [0.2, 0.25) is 0 Å². The maximum absolute atomic E-state index is 12.4. The molecular formula is C27H29F3N6O2S. The number of halogens is 3. The van der Waals surface area contributed by atoms with E-state index in [1.807, 2.05) is 44.2 Å². The number of para-hydroxylation sites is 1. The minimum absolute atomic E-state index is 0.273. The normalized spacial score (nSPS) is 12.1. The van der Waals surface area contributed by atoms with Crippen LogP contribution in [-0.2, 0) is 0 Å². The molecule has 1 aromatic heterocycles. The standard InChI is InChI=1S/C27H29F3N6O2S/c1-17(2)23-8-6-7-9-24(23)34-26(37)35-39-32-15-18(3)14-20-16-31-25(33-19(20)4)36(5)21-10-12-22(13-11-21)38-27(28,29)30/h6-17H,1-5H3,(H2,34,35,37)/b18-14+,32-15?. The van der Waals surface area contributed by atoms with Crippen LogP contribution in [-0.4, -0.2) is 35.6 Å². The second-order valence-electron chi connectivity index (χ2n) is 8.82. The van der Waals surface area contributed by atoms with Gasteiger partial charge in [-0.2, -0.15) is 0 Å². The third-order valence-electron chi connectivity index (χ3n) is 5.42. The largest absolute Gasteiger partial charge is 0.573 e. The fraction of sp³-hybridized carbons (Fsp3) is 0.259. The molecule has 0 aliphatic heterocycles. The molecule has 2 N–H and O–H groups in total. The molecule has 0 aliphatic carbocycles. The molecule has 0 spiro atoms. The molecule has 0 atom stereocenters. The van der Waals surface area contributed by atoms with Gasteiger partial charge in [0.05, 0.1) is 17.8 Å². The zero-order valence-corrected chi connectivity index (χ0v) is 22.9. The summed E-state index contributed by atoms with van der Waals surface area (Å²) in [5.74, 6) is 0.347. The van der Waals surface area contributed by atoms with Crippen molar-refractivity contribution in [3.63, 3.8) is 0 Å². The molecule has 1 heterocycles. The molecular weight excluding hydrogens is 529 g/mol. The van der Waals surface area contributed by atoms with E-state index in [9.17, 15) is 18.0 Å². The number of nitrogens with one attached hydrogen (secondary N) is 2. The van der Waals surface area contributed by atoms with Crippen LogP contribution in [0.3, 0.4) is 0 Å². The summed E-state index contributed by atoms with van der Waals surface area (Å²) >= 11 is 0.903. The minimum atomic E-state index is -4.75. The molecule has 3 aromatic rings. The number of nitrogens with zero attached hydrogens (tertiary/aromatic N) is 4. The van der Waals surface area contributed by atoms with Crippen LogP contribution in [0.4, 0.5) is 35.3 Å². The van der Waals surface area contributed by atoms with Crippen molar-refractivity contribution >= 4 is 47.8 Å². The molecule has 0 unspecified atom stereocenters. The summed E-state index contributed by atoms with van der Waals surface area (Å²) in [5.41, 5.74) is 4.67. The third kappa shape index (κ3) is 9.02. The number of hydrogen-bond acceptors (Lipinski definition) is 7. The van der Waals surface area contributed by atoms with Crippen LogP contribution in [0.25, 0.3) is 6.08 Å². The molecule has 39 heavy (non-hydrogen) atoms. The van der Waals surface area contributed by atoms with Gasteiger partial charge in [0.1, 0.15) is 5.75 Å². The number of carbonyl (C=O) groups is 1. The number of hydrogen-bond donors (Lipinski definition) is 2. The van der Waals surface area contributed by atoms with Crippen LogP contribution < -0.4 is 19.7 Å². The Kier molecular flexibility index (Phi) is 9.94. The summed E-state index contributed by atoms with van der Waals surface area (Å²) in [7, 11) is 1.71. The summed E-state index contributed by atoms with van der Waals surface area (Å²) < 4.78 is 47.8. The molecule has 2 aromatic carbocycles. The Labute approximate surface area is 229 Å². The van der Waals surface area contributed by atoms with Crippen LogP contribution in [0.5, 0.6) is 5.75 Å². The Morgan fingerprint density at radius 3 is 2.49 bits per heavy atom. The Morgan fingerprint density at radius 2 is 1.85 bits per heavy atom. The van der Waals surface area contributed by atoms with E-state index in [1.165, 1.54) is 24.3 Å². The van der Waals surface area contributed by atoms with E-state index in [0.717, 1.165) is 34.5 Å². The molecule has 0 aliphatic rings. The zero-order chi connectivity index (χ0) is 28.6. The summed E-state index contributed by atoms with van der Waals surface area (Å²) in [6.07, 6.45) is 0.365. The highest BCUT2D eigenvalue weighted by Gasteiger charge is 2.31. The molecule has 2 amide bonds. The maximum Gasteiger partial charge on any atom is 0.573 e. The van der Waals surface area contributed by atoms with Crippen LogP contribution >= 0.6 is 12.1 Å². The summed E-state index contributed by atoms with van der Waals surface area (Å²) in [5, 5.41) is 2.83. The van der Waals surface area contributed by atoms with Crippen molar-refractivity contribution in [2.75, 3.05) is 17.3 Å². The molecule has 0 saturated heterocycles.